The first-order valence-electron chi connectivity index (χ1n) is 7.82. The fourth-order valence-corrected chi connectivity index (χ4v) is 2.35. The van der Waals surface area contributed by atoms with Gasteiger partial charge in [0.05, 0.1) is 11.9 Å². The van der Waals surface area contributed by atoms with Crippen LogP contribution < -0.4 is 10.6 Å². The lowest BCUT2D eigenvalue weighted by molar-refractivity contribution is 0.102. The second-order valence-corrected chi connectivity index (χ2v) is 5.59. The van der Waals surface area contributed by atoms with Crippen LogP contribution >= 0.6 is 0 Å². The van der Waals surface area contributed by atoms with Gasteiger partial charge in [0.1, 0.15) is 5.82 Å². The summed E-state index contributed by atoms with van der Waals surface area (Å²) in [5, 5.41) is 6.11. The first-order chi connectivity index (χ1) is 11.7. The molecule has 0 saturated carbocycles. The van der Waals surface area contributed by atoms with E-state index in [0.29, 0.717) is 11.4 Å². The SMILES string of the molecule is Cc1cccc(C(=O)Nc2ccc(NCc3ccccc3)cn2)c1. The van der Waals surface area contributed by atoms with Gasteiger partial charge in [-0.05, 0) is 36.8 Å². The molecular weight excluding hydrogens is 298 g/mol. The molecule has 1 amide bonds. The summed E-state index contributed by atoms with van der Waals surface area (Å²) < 4.78 is 0. The van der Waals surface area contributed by atoms with Crippen LogP contribution in [0.4, 0.5) is 11.5 Å². The molecule has 0 saturated heterocycles. The number of anilines is 2. The molecule has 24 heavy (non-hydrogen) atoms. The van der Waals surface area contributed by atoms with E-state index in [1.165, 1.54) is 5.56 Å². The van der Waals surface area contributed by atoms with Crippen LogP contribution in [0.25, 0.3) is 0 Å². The van der Waals surface area contributed by atoms with Crippen molar-refractivity contribution in [2.75, 3.05) is 10.6 Å². The maximum atomic E-state index is 12.2. The fourth-order valence-electron chi connectivity index (χ4n) is 2.35. The standard InChI is InChI=1S/C20H19N3O/c1-15-6-5-9-17(12-15)20(24)23-19-11-10-18(14-22-19)21-13-16-7-3-2-4-8-16/h2-12,14,21H,13H2,1H3,(H,22,23,24). The fraction of sp³-hybridized carbons (Fsp3) is 0.100. The average molecular weight is 317 g/mol. The Kier molecular flexibility index (Phi) is 4.87. The molecule has 0 unspecified atom stereocenters. The van der Waals surface area contributed by atoms with Gasteiger partial charge in [-0.25, -0.2) is 4.98 Å². The molecule has 0 aliphatic heterocycles. The van der Waals surface area contributed by atoms with E-state index in [2.05, 4.69) is 27.8 Å². The smallest absolute Gasteiger partial charge is 0.256 e. The number of nitrogens with one attached hydrogen (secondary N) is 2. The zero-order valence-corrected chi connectivity index (χ0v) is 13.5. The molecule has 0 aliphatic rings. The highest BCUT2D eigenvalue weighted by Gasteiger charge is 2.06. The Morgan fingerprint density at radius 2 is 1.83 bits per heavy atom. The Balaban J connectivity index is 1.59. The third-order valence-corrected chi connectivity index (χ3v) is 3.62. The van der Waals surface area contributed by atoms with Gasteiger partial charge in [0, 0.05) is 12.1 Å². The summed E-state index contributed by atoms with van der Waals surface area (Å²) in [6.45, 7) is 2.69. The van der Waals surface area contributed by atoms with E-state index >= 15 is 0 Å². The van der Waals surface area contributed by atoms with Gasteiger partial charge in [0.2, 0.25) is 0 Å². The zero-order chi connectivity index (χ0) is 16.8. The largest absolute Gasteiger partial charge is 0.380 e. The normalized spacial score (nSPS) is 10.2. The Morgan fingerprint density at radius 1 is 1.00 bits per heavy atom. The van der Waals surface area contributed by atoms with Crippen LogP contribution in [0.15, 0.2) is 72.9 Å². The quantitative estimate of drug-likeness (QED) is 0.739. The first kappa shape index (κ1) is 15.7. The lowest BCUT2D eigenvalue weighted by Gasteiger charge is -2.08. The van der Waals surface area contributed by atoms with E-state index in [9.17, 15) is 4.79 Å². The van der Waals surface area contributed by atoms with E-state index in [4.69, 9.17) is 0 Å². The summed E-state index contributed by atoms with van der Waals surface area (Å²) >= 11 is 0. The Hall–Kier alpha value is -3.14. The molecule has 0 aliphatic carbocycles. The molecule has 0 bridgehead atoms. The molecular formula is C20H19N3O. The monoisotopic (exact) mass is 317 g/mol. The maximum absolute atomic E-state index is 12.2. The van der Waals surface area contributed by atoms with E-state index in [-0.39, 0.29) is 5.91 Å². The van der Waals surface area contributed by atoms with Crippen LogP contribution in [0.3, 0.4) is 0 Å². The lowest BCUT2D eigenvalue weighted by Crippen LogP contribution is -2.13. The van der Waals surface area contributed by atoms with E-state index in [0.717, 1.165) is 17.8 Å². The molecule has 4 nitrogen and oxygen atoms in total. The number of pyridine rings is 1. The van der Waals surface area contributed by atoms with Crippen molar-refractivity contribution in [3.8, 4) is 0 Å². The maximum Gasteiger partial charge on any atom is 0.256 e. The van der Waals surface area contributed by atoms with Crippen molar-refractivity contribution >= 4 is 17.4 Å². The van der Waals surface area contributed by atoms with Gasteiger partial charge in [-0.1, -0.05) is 48.0 Å². The summed E-state index contributed by atoms with van der Waals surface area (Å²) in [6, 6.07) is 21.3. The van der Waals surface area contributed by atoms with Crippen LogP contribution in [0.1, 0.15) is 21.5 Å². The highest BCUT2D eigenvalue weighted by atomic mass is 16.1. The third-order valence-electron chi connectivity index (χ3n) is 3.62. The molecule has 1 aromatic heterocycles. The summed E-state index contributed by atoms with van der Waals surface area (Å²) in [5.41, 5.74) is 3.79. The number of rotatable bonds is 5. The number of carbonyl (C=O) groups is 1. The molecule has 0 radical (unpaired) electrons. The second kappa shape index (κ2) is 7.42. The van der Waals surface area contributed by atoms with E-state index in [1.54, 1.807) is 18.3 Å². The summed E-state index contributed by atoms with van der Waals surface area (Å²) in [5.74, 6) is 0.378. The predicted molar refractivity (Wildman–Crippen MR) is 97.1 cm³/mol. The Labute approximate surface area is 141 Å². The van der Waals surface area contributed by atoms with Crippen LogP contribution in [0.2, 0.25) is 0 Å². The topological polar surface area (TPSA) is 54.0 Å². The van der Waals surface area contributed by atoms with Gasteiger partial charge in [0.25, 0.3) is 5.91 Å². The first-order valence-corrected chi connectivity index (χ1v) is 7.82. The van der Waals surface area contributed by atoms with Crippen molar-refractivity contribution in [1.29, 1.82) is 0 Å². The second-order valence-electron chi connectivity index (χ2n) is 5.59. The number of nitrogens with zero attached hydrogens (tertiary/aromatic N) is 1. The van der Waals surface area contributed by atoms with Gasteiger partial charge in [-0.3, -0.25) is 4.79 Å². The number of aromatic nitrogens is 1. The van der Waals surface area contributed by atoms with Crippen LogP contribution in [-0.2, 0) is 6.54 Å². The van der Waals surface area contributed by atoms with Gasteiger partial charge in [-0.2, -0.15) is 0 Å². The molecule has 3 aromatic rings. The summed E-state index contributed by atoms with van der Waals surface area (Å²) in [4.78, 5) is 16.5. The van der Waals surface area contributed by atoms with Crippen molar-refractivity contribution in [3.05, 3.63) is 89.6 Å². The number of aryl methyl sites for hydroxylation is 1. The van der Waals surface area contributed by atoms with Gasteiger partial charge in [-0.15, -0.1) is 0 Å². The Bertz CT molecular complexity index is 814. The molecule has 0 fully saturated rings. The van der Waals surface area contributed by atoms with Crippen LogP contribution in [0.5, 0.6) is 0 Å². The minimum absolute atomic E-state index is 0.156. The number of hydrogen-bond donors (Lipinski definition) is 2. The molecule has 3 rings (SSSR count). The number of hydrogen-bond acceptors (Lipinski definition) is 3. The molecule has 0 spiro atoms. The lowest BCUT2D eigenvalue weighted by atomic mass is 10.1. The van der Waals surface area contributed by atoms with E-state index < -0.39 is 0 Å². The summed E-state index contributed by atoms with van der Waals surface area (Å²) in [6.07, 6.45) is 1.72. The van der Waals surface area contributed by atoms with Crippen molar-refractivity contribution < 1.29 is 4.79 Å². The molecule has 2 N–H and O–H groups in total. The number of benzene rings is 2. The van der Waals surface area contributed by atoms with Gasteiger partial charge >= 0.3 is 0 Å². The van der Waals surface area contributed by atoms with E-state index in [1.807, 2.05) is 49.4 Å². The zero-order valence-electron chi connectivity index (χ0n) is 13.5. The molecule has 4 heteroatoms. The average Bonchev–Trinajstić information content (AvgIpc) is 2.62. The molecule has 0 atom stereocenters. The predicted octanol–water partition coefficient (Wildman–Crippen LogP) is 4.25. The molecule has 120 valence electrons. The van der Waals surface area contributed by atoms with Crippen molar-refractivity contribution in [1.82, 2.24) is 4.98 Å². The molecule has 2 aromatic carbocycles. The van der Waals surface area contributed by atoms with Gasteiger partial charge in [0.15, 0.2) is 0 Å². The minimum atomic E-state index is -0.156. The highest BCUT2D eigenvalue weighted by molar-refractivity contribution is 6.03. The van der Waals surface area contributed by atoms with Gasteiger partial charge < -0.3 is 10.6 Å². The number of amides is 1. The van der Waals surface area contributed by atoms with Crippen LogP contribution in [-0.4, -0.2) is 10.9 Å². The minimum Gasteiger partial charge on any atom is -0.380 e. The van der Waals surface area contributed by atoms with Crippen LogP contribution in [0, 0.1) is 6.92 Å². The summed E-state index contributed by atoms with van der Waals surface area (Å²) in [7, 11) is 0. The number of carbonyl (C=O) groups excluding carboxylic acids is 1. The van der Waals surface area contributed by atoms with Crippen molar-refractivity contribution in [2.45, 2.75) is 13.5 Å². The molecule has 1 heterocycles. The van der Waals surface area contributed by atoms with Crippen molar-refractivity contribution in [3.63, 3.8) is 0 Å². The Morgan fingerprint density at radius 3 is 2.54 bits per heavy atom. The highest BCUT2D eigenvalue weighted by Crippen LogP contribution is 2.13. The third kappa shape index (κ3) is 4.20. The van der Waals surface area contributed by atoms with Crippen molar-refractivity contribution in [2.24, 2.45) is 0 Å².